The number of hydrogen-bond donors (Lipinski definition) is 1. The first-order valence-corrected chi connectivity index (χ1v) is 6.35. The molecule has 2 atom stereocenters. The Balaban J connectivity index is 3.06. The molecule has 1 N–H and O–H groups in total. The number of benzene rings is 1. The van der Waals surface area contributed by atoms with E-state index in [0.29, 0.717) is 10.8 Å². The second-order valence-corrected chi connectivity index (χ2v) is 5.36. The molecule has 0 bridgehead atoms. The van der Waals surface area contributed by atoms with Crippen molar-refractivity contribution in [2.24, 2.45) is 0 Å². The molecule has 0 saturated carbocycles. The lowest BCUT2D eigenvalue weighted by Crippen LogP contribution is -1.99. The van der Waals surface area contributed by atoms with E-state index in [0.717, 1.165) is 16.9 Å². The SMILES string of the molecule is CCC(C)Sc1cc(C#N)ccc1C(C)O. The maximum Gasteiger partial charge on any atom is 0.0992 e. The number of aliphatic hydroxyl groups is 1. The Morgan fingerprint density at radius 3 is 2.62 bits per heavy atom. The van der Waals surface area contributed by atoms with E-state index in [1.54, 1.807) is 24.8 Å². The van der Waals surface area contributed by atoms with E-state index >= 15 is 0 Å². The molecule has 0 aliphatic rings. The average molecular weight is 235 g/mol. The van der Waals surface area contributed by atoms with E-state index < -0.39 is 6.10 Å². The summed E-state index contributed by atoms with van der Waals surface area (Å²) in [6.07, 6.45) is 0.583. The monoisotopic (exact) mass is 235 g/mol. The first-order chi connectivity index (χ1) is 7.58. The van der Waals surface area contributed by atoms with Crippen LogP contribution >= 0.6 is 11.8 Å². The third-order valence-electron chi connectivity index (χ3n) is 2.50. The smallest absolute Gasteiger partial charge is 0.0992 e. The van der Waals surface area contributed by atoms with Crippen LogP contribution in [0.2, 0.25) is 0 Å². The molecule has 0 heterocycles. The van der Waals surface area contributed by atoms with Gasteiger partial charge in [0.05, 0.1) is 17.7 Å². The maximum absolute atomic E-state index is 9.66. The zero-order valence-electron chi connectivity index (χ0n) is 9.90. The van der Waals surface area contributed by atoms with Crippen LogP contribution in [0.5, 0.6) is 0 Å². The first kappa shape index (κ1) is 13.1. The minimum Gasteiger partial charge on any atom is -0.389 e. The van der Waals surface area contributed by atoms with Gasteiger partial charge in [0.2, 0.25) is 0 Å². The van der Waals surface area contributed by atoms with Gasteiger partial charge < -0.3 is 5.11 Å². The van der Waals surface area contributed by atoms with Crippen LogP contribution in [0.4, 0.5) is 0 Å². The van der Waals surface area contributed by atoms with Crippen molar-refractivity contribution in [1.82, 2.24) is 0 Å². The quantitative estimate of drug-likeness (QED) is 0.812. The standard InChI is InChI=1S/C13H17NOS/c1-4-9(2)16-13-7-11(8-14)5-6-12(13)10(3)15/h5-7,9-10,15H,4H2,1-3H3. The topological polar surface area (TPSA) is 44.0 Å². The van der Waals surface area contributed by atoms with Crippen molar-refractivity contribution in [2.45, 2.75) is 43.4 Å². The van der Waals surface area contributed by atoms with Gasteiger partial charge in [0, 0.05) is 10.1 Å². The molecule has 0 aliphatic heterocycles. The van der Waals surface area contributed by atoms with Crippen molar-refractivity contribution in [3.05, 3.63) is 29.3 Å². The Labute approximate surface area is 101 Å². The van der Waals surface area contributed by atoms with Crippen LogP contribution in [0, 0.1) is 11.3 Å². The van der Waals surface area contributed by atoms with E-state index in [4.69, 9.17) is 5.26 Å². The summed E-state index contributed by atoms with van der Waals surface area (Å²) in [5, 5.41) is 19.0. The van der Waals surface area contributed by atoms with Gasteiger partial charge in [0.1, 0.15) is 0 Å². The average Bonchev–Trinajstić information content (AvgIpc) is 2.28. The molecule has 0 aromatic heterocycles. The van der Waals surface area contributed by atoms with Crippen LogP contribution in [-0.2, 0) is 0 Å². The Kier molecular flexibility index (Phi) is 4.85. The molecule has 2 nitrogen and oxygen atoms in total. The van der Waals surface area contributed by atoms with Gasteiger partial charge >= 0.3 is 0 Å². The minimum absolute atomic E-state index is 0.487. The number of nitriles is 1. The summed E-state index contributed by atoms with van der Waals surface area (Å²) in [5.41, 5.74) is 1.56. The summed E-state index contributed by atoms with van der Waals surface area (Å²) < 4.78 is 0. The van der Waals surface area contributed by atoms with E-state index in [9.17, 15) is 5.11 Å². The van der Waals surface area contributed by atoms with Crippen LogP contribution in [0.3, 0.4) is 0 Å². The fourth-order valence-corrected chi connectivity index (χ4v) is 2.52. The molecule has 86 valence electrons. The molecule has 1 aromatic carbocycles. The number of hydrogen-bond acceptors (Lipinski definition) is 3. The highest BCUT2D eigenvalue weighted by atomic mass is 32.2. The van der Waals surface area contributed by atoms with E-state index in [1.807, 2.05) is 12.1 Å². The van der Waals surface area contributed by atoms with Gasteiger partial charge in [-0.05, 0) is 31.0 Å². The minimum atomic E-state index is -0.487. The van der Waals surface area contributed by atoms with Gasteiger partial charge in [-0.25, -0.2) is 0 Å². The van der Waals surface area contributed by atoms with Crippen LogP contribution in [0.25, 0.3) is 0 Å². The molecule has 0 aliphatic carbocycles. The lowest BCUT2D eigenvalue weighted by molar-refractivity contribution is 0.196. The molecule has 1 aromatic rings. The Bertz CT molecular complexity index is 395. The third-order valence-corrected chi connectivity index (χ3v) is 3.84. The van der Waals surface area contributed by atoms with Gasteiger partial charge in [0.15, 0.2) is 0 Å². The largest absolute Gasteiger partial charge is 0.389 e. The predicted octanol–water partition coefficient (Wildman–Crippen LogP) is 3.50. The Morgan fingerprint density at radius 2 is 2.12 bits per heavy atom. The molecule has 0 spiro atoms. The van der Waals surface area contributed by atoms with Crippen molar-refractivity contribution in [2.75, 3.05) is 0 Å². The fourth-order valence-electron chi connectivity index (χ4n) is 1.35. The molecule has 0 radical (unpaired) electrons. The summed E-state index contributed by atoms with van der Waals surface area (Å²) in [5.74, 6) is 0. The van der Waals surface area contributed by atoms with Crippen LogP contribution in [-0.4, -0.2) is 10.4 Å². The molecule has 0 saturated heterocycles. The zero-order valence-corrected chi connectivity index (χ0v) is 10.7. The van der Waals surface area contributed by atoms with Crippen molar-refractivity contribution in [1.29, 1.82) is 5.26 Å². The van der Waals surface area contributed by atoms with Crippen LogP contribution in [0.15, 0.2) is 23.1 Å². The molecule has 2 unspecified atom stereocenters. The van der Waals surface area contributed by atoms with Gasteiger partial charge in [-0.15, -0.1) is 11.8 Å². The summed E-state index contributed by atoms with van der Waals surface area (Å²) in [4.78, 5) is 1.02. The summed E-state index contributed by atoms with van der Waals surface area (Å²) >= 11 is 1.72. The second kappa shape index (κ2) is 5.93. The summed E-state index contributed by atoms with van der Waals surface area (Å²) in [7, 11) is 0. The van der Waals surface area contributed by atoms with Crippen molar-refractivity contribution in [3.8, 4) is 6.07 Å². The van der Waals surface area contributed by atoms with E-state index in [1.165, 1.54) is 0 Å². The lowest BCUT2D eigenvalue weighted by Gasteiger charge is -2.15. The highest BCUT2D eigenvalue weighted by Crippen LogP contribution is 2.32. The molecule has 0 amide bonds. The Morgan fingerprint density at radius 1 is 1.44 bits per heavy atom. The molecule has 1 rings (SSSR count). The predicted molar refractivity (Wildman–Crippen MR) is 67.4 cm³/mol. The van der Waals surface area contributed by atoms with Crippen molar-refractivity contribution in [3.63, 3.8) is 0 Å². The van der Waals surface area contributed by atoms with E-state index in [-0.39, 0.29) is 0 Å². The van der Waals surface area contributed by atoms with Crippen LogP contribution < -0.4 is 0 Å². The first-order valence-electron chi connectivity index (χ1n) is 5.47. The summed E-state index contributed by atoms with van der Waals surface area (Å²) in [6.45, 7) is 6.03. The maximum atomic E-state index is 9.66. The molecular formula is C13H17NOS. The number of thioether (sulfide) groups is 1. The molecule has 0 fully saturated rings. The van der Waals surface area contributed by atoms with Gasteiger partial charge in [-0.3, -0.25) is 0 Å². The van der Waals surface area contributed by atoms with Gasteiger partial charge in [-0.2, -0.15) is 5.26 Å². The van der Waals surface area contributed by atoms with Crippen molar-refractivity contribution >= 4 is 11.8 Å². The number of aliphatic hydroxyl groups excluding tert-OH is 1. The number of nitrogens with zero attached hydrogens (tertiary/aromatic N) is 1. The third kappa shape index (κ3) is 3.26. The van der Waals surface area contributed by atoms with Gasteiger partial charge in [0.25, 0.3) is 0 Å². The highest BCUT2D eigenvalue weighted by Gasteiger charge is 2.11. The lowest BCUT2D eigenvalue weighted by atomic mass is 10.1. The van der Waals surface area contributed by atoms with Crippen LogP contribution in [0.1, 0.15) is 44.4 Å². The van der Waals surface area contributed by atoms with Crippen molar-refractivity contribution < 1.29 is 5.11 Å². The molecule has 16 heavy (non-hydrogen) atoms. The fraction of sp³-hybridized carbons (Fsp3) is 0.462. The zero-order chi connectivity index (χ0) is 12.1. The van der Waals surface area contributed by atoms with Gasteiger partial charge in [-0.1, -0.05) is 19.9 Å². The molecule has 3 heteroatoms. The normalized spacial score (nSPS) is 14.2. The highest BCUT2D eigenvalue weighted by molar-refractivity contribution is 8.00. The van der Waals surface area contributed by atoms with E-state index in [2.05, 4.69) is 19.9 Å². The molecular weight excluding hydrogens is 218 g/mol. The summed E-state index contributed by atoms with van der Waals surface area (Å²) in [6, 6.07) is 7.58. The number of rotatable bonds is 4. The second-order valence-electron chi connectivity index (χ2n) is 3.88. The Hall–Kier alpha value is -0.980.